The first-order valence-corrected chi connectivity index (χ1v) is 8.07. The third kappa shape index (κ3) is 4.70. The Balaban J connectivity index is 2.01. The summed E-state index contributed by atoms with van der Waals surface area (Å²) in [5.74, 6) is 1.23. The molecule has 5 heteroatoms. The number of rotatable bonds is 4. The molecule has 0 aliphatic carbocycles. The molecular weight excluding hydrogens is 281 g/mol. The molecule has 1 aromatic rings. The summed E-state index contributed by atoms with van der Waals surface area (Å²) in [6, 6.07) is 5.93. The van der Waals surface area contributed by atoms with Gasteiger partial charge in [0.2, 0.25) is 0 Å². The van der Waals surface area contributed by atoms with Crippen molar-refractivity contribution in [2.24, 2.45) is 10.9 Å². The van der Waals surface area contributed by atoms with Crippen molar-refractivity contribution in [3.8, 4) is 0 Å². The average Bonchev–Trinajstić information content (AvgIpc) is 2.52. The third-order valence-electron chi connectivity index (χ3n) is 3.96. The second-order valence-corrected chi connectivity index (χ2v) is 5.96. The Morgan fingerprint density at radius 3 is 2.82 bits per heavy atom. The van der Waals surface area contributed by atoms with Crippen molar-refractivity contribution in [3.63, 3.8) is 0 Å². The molecule has 4 nitrogen and oxygen atoms in total. The molecule has 0 aromatic heterocycles. The SMILES string of the molecule is CCNC(=NCC(O)c1ccc(F)cc1)N1CCCC(C)C1. The van der Waals surface area contributed by atoms with Crippen molar-refractivity contribution in [1.29, 1.82) is 0 Å². The summed E-state index contributed by atoms with van der Waals surface area (Å²) in [5, 5.41) is 13.5. The zero-order chi connectivity index (χ0) is 15.9. The van der Waals surface area contributed by atoms with Crippen molar-refractivity contribution < 1.29 is 9.50 Å². The molecule has 1 aliphatic heterocycles. The molecule has 22 heavy (non-hydrogen) atoms. The smallest absolute Gasteiger partial charge is 0.194 e. The Bertz CT molecular complexity index is 489. The largest absolute Gasteiger partial charge is 0.386 e. The van der Waals surface area contributed by atoms with Crippen molar-refractivity contribution in [2.75, 3.05) is 26.2 Å². The Morgan fingerprint density at radius 1 is 1.45 bits per heavy atom. The van der Waals surface area contributed by atoms with E-state index in [1.807, 2.05) is 6.92 Å². The molecule has 0 radical (unpaired) electrons. The number of aliphatic hydroxyl groups is 1. The van der Waals surface area contributed by atoms with Crippen LogP contribution in [0, 0.1) is 11.7 Å². The third-order valence-corrected chi connectivity index (χ3v) is 3.96. The monoisotopic (exact) mass is 307 g/mol. The lowest BCUT2D eigenvalue weighted by molar-refractivity contribution is 0.185. The van der Waals surface area contributed by atoms with Crippen LogP contribution in [-0.4, -0.2) is 42.1 Å². The van der Waals surface area contributed by atoms with Crippen LogP contribution in [0.4, 0.5) is 4.39 Å². The molecular formula is C17H26FN3O. The lowest BCUT2D eigenvalue weighted by Crippen LogP contribution is -2.46. The molecule has 2 atom stereocenters. The highest BCUT2D eigenvalue weighted by molar-refractivity contribution is 5.80. The summed E-state index contributed by atoms with van der Waals surface area (Å²) in [6.07, 6.45) is 1.72. The molecule has 1 aromatic carbocycles. The summed E-state index contributed by atoms with van der Waals surface area (Å²) in [4.78, 5) is 6.82. The summed E-state index contributed by atoms with van der Waals surface area (Å²) < 4.78 is 12.9. The van der Waals surface area contributed by atoms with Crippen LogP contribution in [0.25, 0.3) is 0 Å². The maximum atomic E-state index is 12.9. The fourth-order valence-corrected chi connectivity index (χ4v) is 2.77. The van der Waals surface area contributed by atoms with E-state index in [2.05, 4.69) is 22.1 Å². The molecule has 1 aliphatic rings. The Kier molecular flexibility index (Phi) is 6.19. The van der Waals surface area contributed by atoms with Crippen LogP contribution < -0.4 is 5.32 Å². The molecule has 0 saturated carbocycles. The van der Waals surface area contributed by atoms with Gasteiger partial charge in [-0.15, -0.1) is 0 Å². The molecule has 2 rings (SSSR count). The summed E-state index contributed by atoms with van der Waals surface area (Å²) in [5.41, 5.74) is 0.688. The minimum atomic E-state index is -0.712. The van der Waals surface area contributed by atoms with Gasteiger partial charge in [-0.3, -0.25) is 4.99 Å². The van der Waals surface area contributed by atoms with E-state index in [1.165, 1.54) is 25.0 Å². The van der Waals surface area contributed by atoms with E-state index in [1.54, 1.807) is 12.1 Å². The van der Waals surface area contributed by atoms with E-state index in [4.69, 9.17) is 0 Å². The van der Waals surface area contributed by atoms with Gasteiger partial charge in [-0.1, -0.05) is 19.1 Å². The molecule has 2 N–H and O–H groups in total. The van der Waals surface area contributed by atoms with E-state index in [0.717, 1.165) is 25.6 Å². The number of piperidine rings is 1. The number of guanidine groups is 1. The van der Waals surface area contributed by atoms with Gasteiger partial charge in [0.25, 0.3) is 0 Å². The number of nitrogens with zero attached hydrogens (tertiary/aromatic N) is 2. The highest BCUT2D eigenvalue weighted by Gasteiger charge is 2.19. The van der Waals surface area contributed by atoms with Gasteiger partial charge in [0, 0.05) is 19.6 Å². The highest BCUT2D eigenvalue weighted by Crippen LogP contribution is 2.17. The number of benzene rings is 1. The van der Waals surface area contributed by atoms with E-state index in [-0.39, 0.29) is 12.4 Å². The molecule has 122 valence electrons. The van der Waals surface area contributed by atoms with E-state index >= 15 is 0 Å². The van der Waals surface area contributed by atoms with Crippen molar-refractivity contribution in [1.82, 2.24) is 10.2 Å². The second-order valence-electron chi connectivity index (χ2n) is 5.96. The second kappa shape index (κ2) is 8.13. The van der Waals surface area contributed by atoms with Crippen LogP contribution in [0.1, 0.15) is 38.4 Å². The van der Waals surface area contributed by atoms with E-state index in [9.17, 15) is 9.50 Å². The van der Waals surface area contributed by atoms with Crippen molar-refractivity contribution in [2.45, 2.75) is 32.8 Å². The lowest BCUT2D eigenvalue weighted by Gasteiger charge is -2.33. The van der Waals surface area contributed by atoms with Crippen LogP contribution in [0.5, 0.6) is 0 Å². The van der Waals surface area contributed by atoms with Gasteiger partial charge in [-0.2, -0.15) is 0 Å². The number of aliphatic imine (C=N–C) groups is 1. The molecule has 0 spiro atoms. The summed E-state index contributed by atoms with van der Waals surface area (Å²) in [6.45, 7) is 7.37. The molecule has 0 amide bonds. The minimum absolute atomic E-state index is 0.277. The Morgan fingerprint density at radius 2 is 2.18 bits per heavy atom. The van der Waals surface area contributed by atoms with E-state index < -0.39 is 6.10 Å². The van der Waals surface area contributed by atoms with Gasteiger partial charge in [-0.05, 0) is 43.4 Å². The first kappa shape index (κ1) is 16.7. The van der Waals surface area contributed by atoms with Crippen molar-refractivity contribution >= 4 is 5.96 Å². The predicted octanol–water partition coefficient (Wildman–Crippen LogP) is 2.56. The minimum Gasteiger partial charge on any atom is -0.386 e. The fourth-order valence-electron chi connectivity index (χ4n) is 2.77. The number of aliphatic hydroxyl groups excluding tert-OH is 1. The van der Waals surface area contributed by atoms with Gasteiger partial charge >= 0.3 is 0 Å². The molecule has 1 fully saturated rings. The number of nitrogens with one attached hydrogen (secondary N) is 1. The van der Waals surface area contributed by atoms with E-state index in [0.29, 0.717) is 11.5 Å². The number of halogens is 1. The molecule has 2 unspecified atom stereocenters. The lowest BCUT2D eigenvalue weighted by atomic mass is 10.0. The maximum Gasteiger partial charge on any atom is 0.194 e. The van der Waals surface area contributed by atoms with Crippen LogP contribution in [-0.2, 0) is 0 Å². The van der Waals surface area contributed by atoms with Crippen LogP contribution in [0.15, 0.2) is 29.3 Å². The average molecular weight is 307 g/mol. The van der Waals surface area contributed by atoms with Crippen LogP contribution >= 0.6 is 0 Å². The highest BCUT2D eigenvalue weighted by atomic mass is 19.1. The van der Waals surface area contributed by atoms with Gasteiger partial charge < -0.3 is 15.3 Å². The number of hydrogen-bond donors (Lipinski definition) is 2. The quantitative estimate of drug-likeness (QED) is 0.664. The molecule has 1 saturated heterocycles. The predicted molar refractivity (Wildman–Crippen MR) is 87.3 cm³/mol. The summed E-state index contributed by atoms with van der Waals surface area (Å²) >= 11 is 0. The topological polar surface area (TPSA) is 47.9 Å². The Labute approximate surface area is 132 Å². The van der Waals surface area contributed by atoms with Crippen LogP contribution in [0.3, 0.4) is 0 Å². The zero-order valence-electron chi connectivity index (χ0n) is 13.4. The van der Waals surface area contributed by atoms with Gasteiger partial charge in [0.1, 0.15) is 5.82 Å². The molecule has 1 heterocycles. The van der Waals surface area contributed by atoms with Crippen molar-refractivity contribution in [3.05, 3.63) is 35.6 Å². The fraction of sp³-hybridized carbons (Fsp3) is 0.588. The first-order chi connectivity index (χ1) is 10.6. The standard InChI is InChI=1S/C17H26FN3O/c1-3-19-17(21-10-4-5-13(2)12-21)20-11-16(22)14-6-8-15(18)9-7-14/h6-9,13,16,22H,3-5,10-12H2,1-2H3,(H,19,20). The van der Waals surface area contributed by atoms with Gasteiger partial charge in [0.05, 0.1) is 12.6 Å². The number of likely N-dealkylation sites (tertiary alicyclic amines) is 1. The van der Waals surface area contributed by atoms with Gasteiger partial charge in [0.15, 0.2) is 5.96 Å². The molecule has 0 bridgehead atoms. The maximum absolute atomic E-state index is 12.9. The number of hydrogen-bond acceptors (Lipinski definition) is 2. The summed E-state index contributed by atoms with van der Waals surface area (Å²) in [7, 11) is 0. The normalized spacial score (nSPS) is 20.8. The van der Waals surface area contributed by atoms with Gasteiger partial charge in [-0.25, -0.2) is 4.39 Å². The Hall–Kier alpha value is -1.62. The van der Waals surface area contributed by atoms with Crippen LogP contribution in [0.2, 0.25) is 0 Å². The zero-order valence-corrected chi connectivity index (χ0v) is 13.4. The first-order valence-electron chi connectivity index (χ1n) is 8.07.